The van der Waals surface area contributed by atoms with Crippen LogP contribution in [-0.4, -0.2) is 32.0 Å². The molecule has 176 valence electrons. The van der Waals surface area contributed by atoms with Gasteiger partial charge >= 0.3 is 0 Å². The maximum atomic E-state index is 13.5. The van der Waals surface area contributed by atoms with E-state index < -0.39 is 9.84 Å². The molecule has 6 nitrogen and oxygen atoms in total. The Hall–Kier alpha value is -3.06. The van der Waals surface area contributed by atoms with Crippen molar-refractivity contribution < 1.29 is 17.6 Å². The van der Waals surface area contributed by atoms with Crippen molar-refractivity contribution in [1.82, 2.24) is 4.90 Å². The van der Waals surface area contributed by atoms with Crippen LogP contribution in [0.25, 0.3) is 0 Å². The van der Waals surface area contributed by atoms with E-state index in [0.717, 1.165) is 34.5 Å². The van der Waals surface area contributed by atoms with Gasteiger partial charge in [0.05, 0.1) is 17.7 Å². The zero-order valence-electron chi connectivity index (χ0n) is 18.7. The normalized spacial score (nSPS) is 13.8. The van der Waals surface area contributed by atoms with Gasteiger partial charge in [0.25, 0.3) is 0 Å². The molecule has 0 atom stereocenters. The Balaban J connectivity index is 1.42. The largest absolute Gasteiger partial charge is 0.316 e. The van der Waals surface area contributed by atoms with E-state index in [1.807, 2.05) is 6.07 Å². The number of benzene rings is 2. The molecular weight excluding hydrogens is 473 g/mol. The second-order valence-electron chi connectivity index (χ2n) is 8.52. The van der Waals surface area contributed by atoms with Gasteiger partial charge in [-0.15, -0.1) is 11.3 Å². The number of rotatable bonds is 7. The molecular formula is C25H24FN3O3S2. The molecule has 1 N–H and O–H groups in total. The number of nitrogens with zero attached hydrogens (tertiary/aromatic N) is 2. The lowest BCUT2D eigenvalue weighted by molar-refractivity contribution is -0.115. The minimum absolute atomic E-state index is 0.0397. The van der Waals surface area contributed by atoms with Gasteiger partial charge in [-0.1, -0.05) is 36.4 Å². The third-order valence-corrected chi connectivity index (χ3v) is 7.67. The topological polar surface area (TPSA) is 90.3 Å². The summed E-state index contributed by atoms with van der Waals surface area (Å²) in [5.41, 5.74) is 3.73. The number of sulfone groups is 1. The number of halogens is 1. The molecule has 0 spiro atoms. The number of thiophene rings is 1. The van der Waals surface area contributed by atoms with E-state index in [4.69, 9.17) is 0 Å². The van der Waals surface area contributed by atoms with E-state index in [1.165, 1.54) is 29.7 Å². The molecule has 1 aliphatic heterocycles. The summed E-state index contributed by atoms with van der Waals surface area (Å²) in [6.45, 7) is 1.96. The number of anilines is 1. The van der Waals surface area contributed by atoms with Gasteiger partial charge in [-0.05, 0) is 35.2 Å². The Morgan fingerprint density at radius 1 is 1.18 bits per heavy atom. The Bertz CT molecular complexity index is 1360. The van der Waals surface area contributed by atoms with Crippen molar-refractivity contribution in [3.05, 3.63) is 87.0 Å². The summed E-state index contributed by atoms with van der Waals surface area (Å²) in [7, 11) is -3.12. The third-order valence-electron chi connectivity index (χ3n) is 5.60. The van der Waals surface area contributed by atoms with E-state index in [1.54, 1.807) is 30.3 Å². The van der Waals surface area contributed by atoms with Crippen molar-refractivity contribution in [2.45, 2.75) is 31.7 Å². The van der Waals surface area contributed by atoms with Gasteiger partial charge in [0.2, 0.25) is 5.91 Å². The monoisotopic (exact) mass is 497 g/mol. The predicted octanol–water partition coefficient (Wildman–Crippen LogP) is 4.04. The molecule has 4 rings (SSSR count). The van der Waals surface area contributed by atoms with Crippen LogP contribution in [0.15, 0.2) is 48.5 Å². The molecule has 0 unspecified atom stereocenters. The summed E-state index contributed by atoms with van der Waals surface area (Å²) in [6, 6.07) is 15.7. The van der Waals surface area contributed by atoms with Crippen LogP contribution in [0.4, 0.5) is 9.39 Å². The minimum atomic E-state index is -3.12. The molecule has 0 radical (unpaired) electrons. The number of nitriles is 1. The maximum Gasteiger partial charge on any atom is 0.229 e. The fourth-order valence-electron chi connectivity index (χ4n) is 4.09. The Labute approximate surface area is 202 Å². The van der Waals surface area contributed by atoms with Crippen molar-refractivity contribution in [2.24, 2.45) is 0 Å². The molecule has 2 heterocycles. The molecule has 0 saturated heterocycles. The number of amides is 1. The number of carbonyl (C=O) groups is 1. The lowest BCUT2D eigenvalue weighted by Gasteiger charge is -2.27. The summed E-state index contributed by atoms with van der Waals surface area (Å²) < 4.78 is 36.4. The average molecular weight is 498 g/mol. The second-order valence-corrected chi connectivity index (χ2v) is 11.8. The third kappa shape index (κ3) is 6.08. The fraction of sp³-hybridized carbons (Fsp3) is 0.280. The quantitative estimate of drug-likeness (QED) is 0.532. The Kier molecular flexibility index (Phi) is 7.12. The van der Waals surface area contributed by atoms with Crippen LogP contribution < -0.4 is 5.32 Å². The average Bonchev–Trinajstić information content (AvgIpc) is 3.10. The lowest BCUT2D eigenvalue weighted by Crippen LogP contribution is -2.29. The van der Waals surface area contributed by atoms with Crippen LogP contribution in [0.2, 0.25) is 0 Å². The maximum absolute atomic E-state index is 13.5. The highest BCUT2D eigenvalue weighted by Crippen LogP contribution is 2.37. The first kappa shape index (κ1) is 24.1. The van der Waals surface area contributed by atoms with Crippen LogP contribution in [0.5, 0.6) is 0 Å². The fourth-order valence-corrected chi connectivity index (χ4v) is 6.05. The Morgan fingerprint density at radius 2 is 1.91 bits per heavy atom. The van der Waals surface area contributed by atoms with E-state index >= 15 is 0 Å². The molecule has 9 heteroatoms. The summed E-state index contributed by atoms with van der Waals surface area (Å²) in [5, 5.41) is 13.2. The summed E-state index contributed by atoms with van der Waals surface area (Å²) >= 11 is 1.44. The van der Waals surface area contributed by atoms with E-state index in [-0.39, 0.29) is 23.9 Å². The molecule has 3 aromatic rings. The van der Waals surface area contributed by atoms with E-state index in [0.29, 0.717) is 29.2 Å². The van der Waals surface area contributed by atoms with Gasteiger partial charge in [0, 0.05) is 36.3 Å². The van der Waals surface area contributed by atoms with E-state index in [9.17, 15) is 22.9 Å². The van der Waals surface area contributed by atoms with Crippen LogP contribution in [0.1, 0.15) is 32.7 Å². The predicted molar refractivity (Wildman–Crippen MR) is 131 cm³/mol. The molecule has 1 amide bonds. The van der Waals surface area contributed by atoms with Gasteiger partial charge in [0.15, 0.2) is 9.84 Å². The van der Waals surface area contributed by atoms with Crippen molar-refractivity contribution >= 4 is 32.1 Å². The second kappa shape index (κ2) is 10.1. The van der Waals surface area contributed by atoms with Crippen molar-refractivity contribution in [3.8, 4) is 6.07 Å². The number of hydrogen-bond acceptors (Lipinski definition) is 6. The highest BCUT2D eigenvalue weighted by molar-refractivity contribution is 7.89. The number of fused-ring (bicyclic) bond motifs is 1. The molecule has 34 heavy (non-hydrogen) atoms. The minimum Gasteiger partial charge on any atom is -0.316 e. The molecule has 0 bridgehead atoms. The smallest absolute Gasteiger partial charge is 0.229 e. The first-order valence-electron chi connectivity index (χ1n) is 10.8. The van der Waals surface area contributed by atoms with E-state index in [2.05, 4.69) is 16.3 Å². The zero-order valence-corrected chi connectivity index (χ0v) is 20.3. The van der Waals surface area contributed by atoms with Crippen LogP contribution in [0, 0.1) is 17.1 Å². The summed E-state index contributed by atoms with van der Waals surface area (Å²) in [5.74, 6) is -0.539. The number of nitrogens with one attached hydrogen (secondary N) is 1. The van der Waals surface area contributed by atoms with Crippen LogP contribution in [-0.2, 0) is 46.3 Å². The van der Waals surface area contributed by atoms with Gasteiger partial charge < -0.3 is 5.32 Å². The van der Waals surface area contributed by atoms with Crippen molar-refractivity contribution in [3.63, 3.8) is 0 Å². The van der Waals surface area contributed by atoms with Gasteiger partial charge in [-0.3, -0.25) is 9.69 Å². The van der Waals surface area contributed by atoms with Gasteiger partial charge in [-0.2, -0.15) is 5.26 Å². The van der Waals surface area contributed by atoms with Crippen LogP contribution >= 0.6 is 11.3 Å². The molecule has 0 saturated carbocycles. The zero-order chi connectivity index (χ0) is 24.3. The molecule has 1 aliphatic rings. The van der Waals surface area contributed by atoms with Gasteiger partial charge in [-0.25, -0.2) is 12.8 Å². The lowest BCUT2D eigenvalue weighted by atomic mass is 10.0. The number of hydrogen-bond donors (Lipinski definition) is 1. The number of carbonyl (C=O) groups excluding carboxylic acids is 1. The molecule has 1 aromatic heterocycles. The standard InChI is InChI=1S/C25H24FN3O3S2/c1-34(31,32)16-18-7-5-17(6-8-18)12-24(30)28-25-21(13-27)22-15-29(10-9-23(22)33-25)14-19-3-2-4-20(26)11-19/h2-8,11H,9-10,12,14-16H2,1H3,(H,28,30). The van der Waals surface area contributed by atoms with Gasteiger partial charge in [0.1, 0.15) is 16.9 Å². The SMILES string of the molecule is CS(=O)(=O)Cc1ccc(CC(=O)Nc2sc3c(c2C#N)CN(Cc2cccc(F)c2)CC3)cc1. The molecule has 0 fully saturated rings. The van der Waals surface area contributed by atoms with Crippen molar-refractivity contribution in [2.75, 3.05) is 18.1 Å². The highest BCUT2D eigenvalue weighted by atomic mass is 32.2. The molecule has 0 aliphatic carbocycles. The summed E-state index contributed by atoms with van der Waals surface area (Å²) in [6.07, 6.45) is 2.07. The van der Waals surface area contributed by atoms with Crippen LogP contribution in [0.3, 0.4) is 0 Å². The summed E-state index contributed by atoms with van der Waals surface area (Å²) in [4.78, 5) is 15.9. The molecule has 2 aromatic carbocycles. The Morgan fingerprint density at radius 3 is 2.59 bits per heavy atom. The highest BCUT2D eigenvalue weighted by Gasteiger charge is 2.25. The first-order valence-corrected chi connectivity index (χ1v) is 13.6. The first-order chi connectivity index (χ1) is 16.2. The van der Waals surface area contributed by atoms with Crippen molar-refractivity contribution in [1.29, 1.82) is 5.26 Å².